The molecule has 0 N–H and O–H groups in total. The van der Waals surface area contributed by atoms with E-state index in [1.54, 1.807) is 0 Å². The lowest BCUT2D eigenvalue weighted by atomic mass is 9.58. The summed E-state index contributed by atoms with van der Waals surface area (Å²) in [4.78, 5) is 10.7. The Bertz CT molecular complexity index is 2310. The Morgan fingerprint density at radius 1 is 0.636 bits per heavy atom. The van der Waals surface area contributed by atoms with Crippen LogP contribution in [-0.2, 0) is 5.41 Å². The summed E-state index contributed by atoms with van der Waals surface area (Å²) in [5.74, 6) is 0.949. The molecule has 0 radical (unpaired) electrons. The summed E-state index contributed by atoms with van der Waals surface area (Å²) in [6.45, 7) is 4.88. The second-order valence-corrected chi connectivity index (χ2v) is 12.5. The van der Waals surface area contributed by atoms with Crippen molar-refractivity contribution in [2.45, 2.75) is 25.2 Å². The number of aromatic nitrogens is 3. The highest BCUT2D eigenvalue weighted by Crippen LogP contribution is 2.65. The normalized spacial score (nSPS) is 22.1. The summed E-state index contributed by atoms with van der Waals surface area (Å²) in [5, 5.41) is 3.50. The summed E-state index contributed by atoms with van der Waals surface area (Å²) >= 11 is 0. The van der Waals surface area contributed by atoms with Crippen molar-refractivity contribution < 1.29 is 0 Å². The van der Waals surface area contributed by atoms with Crippen LogP contribution in [0.1, 0.15) is 36.5 Å². The first-order valence-corrected chi connectivity index (χ1v) is 15.4. The first kappa shape index (κ1) is 25.2. The summed E-state index contributed by atoms with van der Waals surface area (Å²) in [7, 11) is 0. The molecule has 0 aliphatic heterocycles. The molecule has 3 atom stereocenters. The largest absolute Gasteiger partial charge is 0.278 e. The first-order valence-electron chi connectivity index (χ1n) is 15.4. The Hall–Kier alpha value is -5.28. The van der Waals surface area contributed by atoms with Gasteiger partial charge in [0.2, 0.25) is 5.95 Å². The molecule has 2 aliphatic carbocycles. The minimum Gasteiger partial charge on any atom is -0.278 e. The lowest BCUT2D eigenvalue weighted by Gasteiger charge is -2.44. The van der Waals surface area contributed by atoms with Gasteiger partial charge >= 0.3 is 0 Å². The third-order valence-corrected chi connectivity index (χ3v) is 10.5. The topological polar surface area (TPSA) is 30.7 Å². The Balaban J connectivity index is 1.46. The minimum atomic E-state index is -0.305. The molecule has 3 nitrogen and oxygen atoms in total. The fourth-order valence-electron chi connectivity index (χ4n) is 8.18. The van der Waals surface area contributed by atoms with E-state index >= 15 is 0 Å². The SMILES string of the molecule is CC1(c2ccccc2)c2c(ccc3c4ccccc4n(-c4nc(-c5ccccc5)c5ccccc5n4)c23)C2C=CC=CC21C. The molecule has 210 valence electrons. The van der Waals surface area contributed by atoms with Crippen LogP contribution < -0.4 is 0 Å². The predicted octanol–water partition coefficient (Wildman–Crippen LogP) is 9.93. The molecular weight excluding hydrogens is 534 g/mol. The number of allylic oxidation sites excluding steroid dienone is 4. The van der Waals surface area contributed by atoms with Crippen LogP contribution in [0.4, 0.5) is 0 Å². The molecule has 3 unspecified atom stereocenters. The van der Waals surface area contributed by atoms with Crippen LogP contribution in [-0.4, -0.2) is 14.5 Å². The van der Waals surface area contributed by atoms with Crippen LogP contribution in [0.2, 0.25) is 0 Å². The number of benzene rings is 5. The summed E-state index contributed by atoms with van der Waals surface area (Å²) in [6.07, 6.45) is 9.27. The zero-order valence-corrected chi connectivity index (χ0v) is 24.8. The van der Waals surface area contributed by atoms with Crippen molar-refractivity contribution in [1.29, 1.82) is 0 Å². The molecule has 3 heteroatoms. The maximum Gasteiger partial charge on any atom is 0.235 e. The predicted molar refractivity (Wildman–Crippen MR) is 181 cm³/mol. The third kappa shape index (κ3) is 3.21. The number of hydrogen-bond acceptors (Lipinski definition) is 2. The first-order chi connectivity index (χ1) is 21.6. The van der Waals surface area contributed by atoms with Gasteiger partial charge in [0.1, 0.15) is 0 Å². The van der Waals surface area contributed by atoms with E-state index in [1.165, 1.54) is 33.0 Å². The lowest BCUT2D eigenvalue weighted by molar-refractivity contribution is 0.268. The molecule has 0 fully saturated rings. The maximum atomic E-state index is 5.39. The quantitative estimate of drug-likeness (QED) is 0.213. The number of hydrogen-bond donors (Lipinski definition) is 0. The van der Waals surface area contributed by atoms with Gasteiger partial charge in [-0.25, -0.2) is 9.97 Å². The van der Waals surface area contributed by atoms with Crippen LogP contribution in [0.15, 0.2) is 146 Å². The van der Waals surface area contributed by atoms with Gasteiger partial charge in [-0.1, -0.05) is 147 Å². The smallest absolute Gasteiger partial charge is 0.235 e. The molecule has 0 saturated heterocycles. The van der Waals surface area contributed by atoms with Gasteiger partial charge in [0, 0.05) is 38.5 Å². The number of rotatable bonds is 3. The standard InChI is InChI=1S/C41H31N3/c1-40-26-14-13-21-33(40)31-25-24-30-29-19-10-12-23-35(29)44(38(30)36(31)41(40,2)28-17-7-4-8-18-28)39-42-34-22-11-9-20-32(34)37(43-39)27-15-5-3-6-16-27/h3-26,33H,1-2H3. The van der Waals surface area contributed by atoms with Crippen molar-refractivity contribution in [2.75, 3.05) is 0 Å². The van der Waals surface area contributed by atoms with Crippen molar-refractivity contribution in [1.82, 2.24) is 14.5 Å². The summed E-state index contributed by atoms with van der Waals surface area (Å²) in [6, 6.07) is 43.3. The van der Waals surface area contributed by atoms with Crippen molar-refractivity contribution in [3.05, 3.63) is 162 Å². The average molecular weight is 566 g/mol. The van der Waals surface area contributed by atoms with Crippen LogP contribution >= 0.6 is 0 Å². The molecule has 2 aromatic heterocycles. The van der Waals surface area contributed by atoms with Gasteiger partial charge in [-0.3, -0.25) is 4.57 Å². The Labute approximate surface area is 256 Å². The summed E-state index contributed by atoms with van der Waals surface area (Å²) < 4.78 is 2.34. The van der Waals surface area contributed by atoms with Gasteiger partial charge < -0.3 is 0 Å². The van der Waals surface area contributed by atoms with E-state index in [-0.39, 0.29) is 16.7 Å². The molecule has 0 bridgehead atoms. The maximum absolute atomic E-state index is 5.39. The van der Waals surface area contributed by atoms with Crippen molar-refractivity contribution in [3.63, 3.8) is 0 Å². The van der Waals surface area contributed by atoms with Gasteiger partial charge in [-0.15, -0.1) is 0 Å². The van der Waals surface area contributed by atoms with Crippen molar-refractivity contribution in [3.8, 4) is 17.2 Å². The molecule has 2 aliphatic rings. The second kappa shape index (κ2) is 9.11. The number of fused-ring (bicyclic) bond motifs is 8. The van der Waals surface area contributed by atoms with Crippen LogP contribution in [0, 0.1) is 5.41 Å². The molecule has 7 aromatic rings. The minimum absolute atomic E-state index is 0.152. The molecular formula is C41H31N3. The lowest BCUT2D eigenvalue weighted by Crippen LogP contribution is -2.40. The van der Waals surface area contributed by atoms with Gasteiger partial charge in [-0.05, 0) is 28.8 Å². The average Bonchev–Trinajstić information content (AvgIpc) is 3.52. The van der Waals surface area contributed by atoms with Gasteiger partial charge in [0.25, 0.3) is 0 Å². The van der Waals surface area contributed by atoms with E-state index in [1.807, 2.05) is 0 Å². The molecule has 44 heavy (non-hydrogen) atoms. The van der Waals surface area contributed by atoms with E-state index in [0.29, 0.717) is 5.95 Å². The Kier molecular flexibility index (Phi) is 5.23. The highest BCUT2D eigenvalue weighted by Gasteiger charge is 2.58. The van der Waals surface area contributed by atoms with Crippen molar-refractivity contribution >= 4 is 32.7 Å². The highest BCUT2D eigenvalue weighted by atomic mass is 15.2. The van der Waals surface area contributed by atoms with E-state index in [4.69, 9.17) is 9.97 Å². The fraction of sp³-hybridized carbons (Fsp3) is 0.122. The highest BCUT2D eigenvalue weighted by molar-refractivity contribution is 6.11. The number of nitrogens with zero attached hydrogens (tertiary/aromatic N) is 3. The van der Waals surface area contributed by atoms with E-state index in [0.717, 1.165) is 27.7 Å². The zero-order valence-electron chi connectivity index (χ0n) is 24.8. The van der Waals surface area contributed by atoms with E-state index in [2.05, 4.69) is 164 Å². The third-order valence-electron chi connectivity index (χ3n) is 10.5. The van der Waals surface area contributed by atoms with Crippen LogP contribution in [0.3, 0.4) is 0 Å². The van der Waals surface area contributed by atoms with Gasteiger partial charge in [-0.2, -0.15) is 0 Å². The Morgan fingerprint density at radius 2 is 1.34 bits per heavy atom. The van der Waals surface area contributed by atoms with Gasteiger partial charge in [0.15, 0.2) is 0 Å². The molecule has 2 heterocycles. The summed E-state index contributed by atoms with van der Waals surface area (Å²) in [5.41, 5.74) is 8.88. The van der Waals surface area contributed by atoms with Crippen LogP contribution in [0.5, 0.6) is 0 Å². The van der Waals surface area contributed by atoms with E-state index in [9.17, 15) is 0 Å². The fourth-order valence-corrected chi connectivity index (χ4v) is 8.18. The molecule has 9 rings (SSSR count). The van der Waals surface area contributed by atoms with E-state index < -0.39 is 0 Å². The molecule has 0 saturated carbocycles. The Morgan fingerprint density at radius 3 is 2.16 bits per heavy atom. The molecule has 0 amide bonds. The molecule has 0 spiro atoms. The van der Waals surface area contributed by atoms with Crippen LogP contribution in [0.25, 0.3) is 49.9 Å². The zero-order chi connectivity index (χ0) is 29.5. The van der Waals surface area contributed by atoms with Gasteiger partial charge in [0.05, 0.1) is 22.2 Å². The second-order valence-electron chi connectivity index (χ2n) is 12.5. The van der Waals surface area contributed by atoms with Crippen molar-refractivity contribution in [2.24, 2.45) is 5.41 Å². The monoisotopic (exact) mass is 565 g/mol. The molecule has 5 aromatic carbocycles. The number of para-hydroxylation sites is 2.